The van der Waals surface area contributed by atoms with Crippen LogP contribution >= 0.6 is 0 Å². The Bertz CT molecular complexity index is 760. The van der Waals surface area contributed by atoms with E-state index in [9.17, 15) is 4.79 Å². The Hall–Kier alpha value is -2.82. The molecule has 1 aromatic heterocycles. The average molecular weight is 254 g/mol. The second kappa shape index (κ2) is 4.13. The Morgan fingerprint density at radius 1 is 1.16 bits per heavy atom. The van der Waals surface area contributed by atoms with Crippen LogP contribution in [-0.2, 0) is 0 Å². The third-order valence-corrected chi connectivity index (χ3v) is 2.79. The molecule has 0 saturated carbocycles. The van der Waals surface area contributed by atoms with E-state index in [4.69, 9.17) is 15.3 Å². The Morgan fingerprint density at radius 2 is 1.89 bits per heavy atom. The Labute approximate surface area is 108 Å². The number of nitrogen functional groups attached to an aromatic ring is 1. The van der Waals surface area contributed by atoms with Crippen LogP contribution in [0, 0.1) is 0 Å². The van der Waals surface area contributed by atoms with Crippen molar-refractivity contribution < 1.29 is 14.3 Å². The fourth-order valence-electron chi connectivity index (χ4n) is 1.81. The Kier molecular flexibility index (Phi) is 2.45. The van der Waals surface area contributed by atoms with Crippen LogP contribution in [0.25, 0.3) is 22.6 Å². The molecule has 5 heteroatoms. The molecule has 0 aliphatic carbocycles. The van der Waals surface area contributed by atoms with E-state index in [2.05, 4.69) is 4.98 Å². The Balaban J connectivity index is 2.11. The first-order chi connectivity index (χ1) is 9.13. The molecular formula is C14H10N2O3. The lowest BCUT2D eigenvalue weighted by Gasteiger charge is -1.95. The maximum Gasteiger partial charge on any atom is 0.335 e. The number of carboxylic acids is 1. The molecule has 0 aliphatic heterocycles. The number of hydrogen-bond acceptors (Lipinski definition) is 4. The van der Waals surface area contributed by atoms with E-state index in [1.54, 1.807) is 30.3 Å². The van der Waals surface area contributed by atoms with Gasteiger partial charge in [0.25, 0.3) is 0 Å². The number of carboxylic acid groups (broad SMARTS) is 1. The van der Waals surface area contributed by atoms with Gasteiger partial charge in [0.15, 0.2) is 5.58 Å². The molecule has 5 nitrogen and oxygen atoms in total. The van der Waals surface area contributed by atoms with Crippen molar-refractivity contribution >= 4 is 22.8 Å². The van der Waals surface area contributed by atoms with Gasteiger partial charge in [-0.25, -0.2) is 9.78 Å². The minimum absolute atomic E-state index is 0.174. The van der Waals surface area contributed by atoms with Crippen molar-refractivity contribution in [2.75, 3.05) is 5.73 Å². The number of oxazole rings is 1. The molecule has 0 bridgehead atoms. The molecule has 3 aromatic rings. The van der Waals surface area contributed by atoms with E-state index in [0.717, 1.165) is 5.56 Å². The first kappa shape index (κ1) is 11.3. The van der Waals surface area contributed by atoms with Crippen molar-refractivity contribution in [3.05, 3.63) is 48.0 Å². The fourth-order valence-corrected chi connectivity index (χ4v) is 1.81. The molecule has 0 atom stereocenters. The molecule has 0 radical (unpaired) electrons. The summed E-state index contributed by atoms with van der Waals surface area (Å²) in [6.45, 7) is 0. The van der Waals surface area contributed by atoms with Crippen molar-refractivity contribution in [1.82, 2.24) is 4.98 Å². The number of nitrogens with two attached hydrogens (primary N) is 1. The number of aromatic nitrogens is 1. The number of benzene rings is 2. The van der Waals surface area contributed by atoms with Gasteiger partial charge in [-0.05, 0) is 42.5 Å². The van der Waals surface area contributed by atoms with E-state index in [1.165, 1.54) is 12.1 Å². The van der Waals surface area contributed by atoms with Crippen LogP contribution in [0.1, 0.15) is 10.4 Å². The maximum absolute atomic E-state index is 10.9. The number of rotatable bonds is 2. The number of carbonyl (C=O) groups is 1. The van der Waals surface area contributed by atoms with Crippen LogP contribution < -0.4 is 5.73 Å². The highest BCUT2D eigenvalue weighted by atomic mass is 16.4. The number of fused-ring (bicyclic) bond motifs is 1. The zero-order chi connectivity index (χ0) is 13.4. The predicted octanol–water partition coefficient (Wildman–Crippen LogP) is 2.78. The van der Waals surface area contributed by atoms with Crippen molar-refractivity contribution in [3.63, 3.8) is 0 Å². The van der Waals surface area contributed by atoms with Gasteiger partial charge in [-0.15, -0.1) is 0 Å². The molecule has 0 amide bonds. The summed E-state index contributed by atoms with van der Waals surface area (Å²) in [5.41, 5.74) is 8.32. The van der Waals surface area contributed by atoms with E-state index in [0.29, 0.717) is 22.7 Å². The monoisotopic (exact) mass is 254 g/mol. The van der Waals surface area contributed by atoms with Gasteiger partial charge in [-0.2, -0.15) is 0 Å². The minimum Gasteiger partial charge on any atom is -0.478 e. The van der Waals surface area contributed by atoms with Gasteiger partial charge in [0, 0.05) is 11.3 Å². The fraction of sp³-hybridized carbons (Fsp3) is 0. The second-order valence-electron chi connectivity index (χ2n) is 4.13. The van der Waals surface area contributed by atoms with Gasteiger partial charge in [0.1, 0.15) is 5.52 Å². The SMILES string of the molecule is Nc1ccc(-c2nc3ccc(C(=O)O)cc3o2)cc1. The lowest BCUT2D eigenvalue weighted by atomic mass is 10.2. The zero-order valence-electron chi connectivity index (χ0n) is 9.83. The lowest BCUT2D eigenvalue weighted by Crippen LogP contribution is -1.94. The van der Waals surface area contributed by atoms with Crippen LogP contribution in [0.2, 0.25) is 0 Å². The van der Waals surface area contributed by atoms with E-state index < -0.39 is 5.97 Å². The molecule has 19 heavy (non-hydrogen) atoms. The summed E-state index contributed by atoms with van der Waals surface area (Å²) in [6.07, 6.45) is 0. The molecule has 3 N–H and O–H groups in total. The van der Waals surface area contributed by atoms with E-state index in [-0.39, 0.29) is 5.56 Å². The van der Waals surface area contributed by atoms with Gasteiger partial charge in [0.05, 0.1) is 5.56 Å². The third kappa shape index (κ3) is 2.01. The van der Waals surface area contributed by atoms with Gasteiger partial charge in [-0.3, -0.25) is 0 Å². The van der Waals surface area contributed by atoms with Gasteiger partial charge in [-0.1, -0.05) is 0 Å². The second-order valence-corrected chi connectivity index (χ2v) is 4.13. The molecule has 3 rings (SSSR count). The summed E-state index contributed by atoms with van der Waals surface area (Å²) >= 11 is 0. The summed E-state index contributed by atoms with van der Waals surface area (Å²) in [7, 11) is 0. The average Bonchev–Trinajstić information content (AvgIpc) is 2.82. The van der Waals surface area contributed by atoms with Crippen LogP contribution in [0.3, 0.4) is 0 Å². The molecule has 0 aliphatic rings. The smallest absolute Gasteiger partial charge is 0.335 e. The Morgan fingerprint density at radius 3 is 2.58 bits per heavy atom. The van der Waals surface area contributed by atoms with Crippen molar-refractivity contribution in [3.8, 4) is 11.5 Å². The van der Waals surface area contributed by atoms with E-state index >= 15 is 0 Å². The summed E-state index contributed by atoms with van der Waals surface area (Å²) in [6, 6.07) is 11.7. The number of anilines is 1. The zero-order valence-corrected chi connectivity index (χ0v) is 9.83. The predicted molar refractivity (Wildman–Crippen MR) is 70.8 cm³/mol. The van der Waals surface area contributed by atoms with Crippen LogP contribution in [-0.4, -0.2) is 16.1 Å². The quantitative estimate of drug-likeness (QED) is 0.686. The van der Waals surface area contributed by atoms with Gasteiger partial charge >= 0.3 is 5.97 Å². The number of nitrogens with zero attached hydrogens (tertiary/aromatic N) is 1. The standard InChI is InChI=1S/C14H10N2O3/c15-10-4-1-8(2-5-10)13-16-11-6-3-9(14(17)18)7-12(11)19-13/h1-7H,15H2,(H,17,18). The molecule has 0 spiro atoms. The normalized spacial score (nSPS) is 10.7. The molecular weight excluding hydrogens is 244 g/mol. The lowest BCUT2D eigenvalue weighted by molar-refractivity contribution is 0.0697. The number of aromatic carboxylic acids is 1. The van der Waals surface area contributed by atoms with Crippen molar-refractivity contribution in [2.24, 2.45) is 0 Å². The summed E-state index contributed by atoms with van der Waals surface area (Å²) in [4.78, 5) is 15.2. The van der Waals surface area contributed by atoms with Crippen LogP contribution in [0.5, 0.6) is 0 Å². The van der Waals surface area contributed by atoms with Crippen molar-refractivity contribution in [2.45, 2.75) is 0 Å². The first-order valence-corrected chi connectivity index (χ1v) is 5.63. The van der Waals surface area contributed by atoms with Crippen LogP contribution in [0.15, 0.2) is 46.9 Å². The van der Waals surface area contributed by atoms with Crippen LogP contribution in [0.4, 0.5) is 5.69 Å². The minimum atomic E-state index is -0.993. The first-order valence-electron chi connectivity index (χ1n) is 5.63. The summed E-state index contributed by atoms with van der Waals surface area (Å²) in [5, 5.41) is 8.92. The number of hydrogen-bond donors (Lipinski definition) is 2. The highest BCUT2D eigenvalue weighted by molar-refractivity contribution is 5.92. The summed E-state index contributed by atoms with van der Waals surface area (Å²) < 4.78 is 5.57. The molecule has 2 aromatic carbocycles. The maximum atomic E-state index is 10.9. The van der Waals surface area contributed by atoms with Gasteiger partial charge < -0.3 is 15.3 Å². The molecule has 94 valence electrons. The third-order valence-electron chi connectivity index (χ3n) is 2.79. The highest BCUT2D eigenvalue weighted by Crippen LogP contribution is 2.25. The summed E-state index contributed by atoms with van der Waals surface area (Å²) in [5.74, 6) is -0.551. The molecule has 0 unspecified atom stereocenters. The molecule has 1 heterocycles. The highest BCUT2D eigenvalue weighted by Gasteiger charge is 2.10. The van der Waals surface area contributed by atoms with Crippen molar-refractivity contribution in [1.29, 1.82) is 0 Å². The molecule has 0 saturated heterocycles. The van der Waals surface area contributed by atoms with E-state index in [1.807, 2.05) is 0 Å². The molecule has 0 fully saturated rings. The van der Waals surface area contributed by atoms with Gasteiger partial charge in [0.2, 0.25) is 5.89 Å². The largest absolute Gasteiger partial charge is 0.478 e. The topological polar surface area (TPSA) is 89.3 Å².